The fourth-order valence-electron chi connectivity index (χ4n) is 1.59. The average molecular weight is 238 g/mol. The zero-order valence-electron chi connectivity index (χ0n) is 11.0. The van der Waals surface area contributed by atoms with Crippen molar-refractivity contribution in [1.82, 2.24) is 4.57 Å². The van der Waals surface area contributed by atoms with Crippen molar-refractivity contribution in [2.45, 2.75) is 46.4 Å². The van der Waals surface area contributed by atoms with Gasteiger partial charge >= 0.3 is 5.97 Å². The molecule has 96 valence electrons. The molecule has 17 heavy (non-hydrogen) atoms. The molecular formula is C13H22N2O2. The molecular weight excluding hydrogens is 216 g/mol. The Kier molecular flexibility index (Phi) is 4.75. The predicted molar refractivity (Wildman–Crippen MR) is 67.4 cm³/mol. The minimum absolute atomic E-state index is 0.0115. The molecule has 4 heteroatoms. The lowest BCUT2D eigenvalue weighted by Crippen LogP contribution is -2.18. The number of carbonyl (C=O) groups is 1. The Hall–Kier alpha value is -1.29. The highest BCUT2D eigenvalue weighted by Crippen LogP contribution is 2.18. The van der Waals surface area contributed by atoms with Crippen molar-refractivity contribution < 1.29 is 9.53 Å². The summed E-state index contributed by atoms with van der Waals surface area (Å²) in [7, 11) is 0. The summed E-state index contributed by atoms with van der Waals surface area (Å²) in [6.45, 7) is 8.08. The van der Waals surface area contributed by atoms with Gasteiger partial charge in [-0.05, 0) is 31.4 Å². The lowest BCUT2D eigenvalue weighted by atomic mass is 10.00. The standard InChI is InChI=1S/C13H22N2O2/c1-9(2)13(14)11-5-6-15(7-11)8-12(16)17-10(3)4/h5-7,9-10,13H,8,14H2,1-4H3. The summed E-state index contributed by atoms with van der Waals surface area (Å²) >= 11 is 0. The maximum atomic E-state index is 11.5. The first-order valence-corrected chi connectivity index (χ1v) is 6.01. The van der Waals surface area contributed by atoms with E-state index in [0.29, 0.717) is 5.92 Å². The molecule has 0 saturated heterocycles. The Morgan fingerprint density at radius 1 is 1.41 bits per heavy atom. The van der Waals surface area contributed by atoms with Crippen molar-refractivity contribution in [3.05, 3.63) is 24.0 Å². The zero-order chi connectivity index (χ0) is 13.0. The van der Waals surface area contributed by atoms with Crippen LogP contribution in [0.4, 0.5) is 0 Å². The highest BCUT2D eigenvalue weighted by Gasteiger charge is 2.13. The quantitative estimate of drug-likeness (QED) is 0.799. The number of ether oxygens (including phenoxy) is 1. The number of carbonyl (C=O) groups excluding carboxylic acids is 1. The summed E-state index contributed by atoms with van der Waals surface area (Å²) < 4.78 is 6.89. The van der Waals surface area contributed by atoms with Crippen LogP contribution in [0, 0.1) is 5.92 Å². The zero-order valence-corrected chi connectivity index (χ0v) is 11.0. The van der Waals surface area contributed by atoms with Gasteiger partial charge < -0.3 is 15.0 Å². The van der Waals surface area contributed by atoms with Crippen molar-refractivity contribution in [3.8, 4) is 0 Å². The van der Waals surface area contributed by atoms with Gasteiger partial charge in [-0.15, -0.1) is 0 Å². The maximum Gasteiger partial charge on any atom is 0.326 e. The average Bonchev–Trinajstić information content (AvgIpc) is 2.63. The number of aromatic nitrogens is 1. The van der Waals surface area contributed by atoms with Crippen LogP contribution >= 0.6 is 0 Å². The van der Waals surface area contributed by atoms with E-state index in [9.17, 15) is 4.79 Å². The molecule has 1 heterocycles. The van der Waals surface area contributed by atoms with E-state index < -0.39 is 0 Å². The number of hydrogen-bond acceptors (Lipinski definition) is 3. The first-order chi connectivity index (χ1) is 7.90. The van der Waals surface area contributed by atoms with Gasteiger partial charge in [-0.3, -0.25) is 4.79 Å². The van der Waals surface area contributed by atoms with Crippen LogP contribution in [0.1, 0.15) is 39.3 Å². The summed E-state index contributed by atoms with van der Waals surface area (Å²) in [5.41, 5.74) is 7.09. The van der Waals surface area contributed by atoms with E-state index in [0.717, 1.165) is 5.56 Å². The normalized spacial score (nSPS) is 13.1. The second-order valence-electron chi connectivity index (χ2n) is 4.93. The van der Waals surface area contributed by atoms with Crippen LogP contribution in [0.25, 0.3) is 0 Å². The molecule has 2 N–H and O–H groups in total. The third-order valence-electron chi connectivity index (χ3n) is 2.56. The topological polar surface area (TPSA) is 57.2 Å². The van der Waals surface area contributed by atoms with Crippen molar-refractivity contribution in [3.63, 3.8) is 0 Å². The molecule has 0 radical (unpaired) electrons. The molecule has 1 atom stereocenters. The second kappa shape index (κ2) is 5.87. The van der Waals surface area contributed by atoms with Crippen molar-refractivity contribution >= 4 is 5.97 Å². The van der Waals surface area contributed by atoms with Gasteiger partial charge in [0.05, 0.1) is 6.10 Å². The number of esters is 1. The van der Waals surface area contributed by atoms with Crippen LogP contribution in [0.3, 0.4) is 0 Å². The third-order valence-corrected chi connectivity index (χ3v) is 2.56. The van der Waals surface area contributed by atoms with Crippen molar-refractivity contribution in [2.24, 2.45) is 11.7 Å². The lowest BCUT2D eigenvalue weighted by molar-refractivity contribution is -0.148. The van der Waals surface area contributed by atoms with Crippen molar-refractivity contribution in [1.29, 1.82) is 0 Å². The molecule has 0 spiro atoms. The van der Waals surface area contributed by atoms with E-state index in [1.165, 1.54) is 0 Å². The number of rotatable bonds is 5. The molecule has 0 fully saturated rings. The number of hydrogen-bond donors (Lipinski definition) is 1. The number of nitrogens with zero attached hydrogens (tertiary/aromatic N) is 1. The largest absolute Gasteiger partial charge is 0.462 e. The van der Waals surface area contributed by atoms with Crippen LogP contribution in [0.15, 0.2) is 18.5 Å². The molecule has 1 rings (SSSR count). The first-order valence-electron chi connectivity index (χ1n) is 6.01. The van der Waals surface area contributed by atoms with Gasteiger partial charge in [0, 0.05) is 18.4 Å². The molecule has 0 aromatic carbocycles. The van der Waals surface area contributed by atoms with E-state index >= 15 is 0 Å². The molecule has 1 aromatic rings. The fraction of sp³-hybridized carbons (Fsp3) is 0.615. The first kappa shape index (κ1) is 13.8. The summed E-state index contributed by atoms with van der Waals surface area (Å²) in [5, 5.41) is 0. The monoisotopic (exact) mass is 238 g/mol. The van der Waals surface area contributed by atoms with Gasteiger partial charge in [0.2, 0.25) is 0 Å². The maximum absolute atomic E-state index is 11.5. The van der Waals surface area contributed by atoms with Crippen LogP contribution in [0.5, 0.6) is 0 Å². The highest BCUT2D eigenvalue weighted by atomic mass is 16.5. The smallest absolute Gasteiger partial charge is 0.326 e. The van der Waals surface area contributed by atoms with Crippen LogP contribution in [0.2, 0.25) is 0 Å². The summed E-state index contributed by atoms with van der Waals surface area (Å²) in [4.78, 5) is 11.5. The van der Waals surface area contributed by atoms with E-state index in [4.69, 9.17) is 10.5 Å². The minimum atomic E-state index is -0.222. The Bertz CT molecular complexity index is 369. The predicted octanol–water partition coefficient (Wildman–Crippen LogP) is 2.10. The fourth-order valence-corrected chi connectivity index (χ4v) is 1.59. The van der Waals surface area contributed by atoms with E-state index in [1.807, 2.05) is 36.9 Å². The molecule has 0 aliphatic rings. The molecule has 0 aliphatic carbocycles. The van der Waals surface area contributed by atoms with Gasteiger partial charge in [-0.2, -0.15) is 0 Å². The Labute approximate surface area is 103 Å². The highest BCUT2D eigenvalue weighted by molar-refractivity contribution is 5.69. The molecule has 0 amide bonds. The Morgan fingerprint density at radius 3 is 2.59 bits per heavy atom. The number of nitrogens with two attached hydrogens (primary N) is 1. The van der Waals surface area contributed by atoms with Crippen molar-refractivity contribution in [2.75, 3.05) is 0 Å². The molecule has 0 bridgehead atoms. The van der Waals surface area contributed by atoms with Gasteiger partial charge in [0.1, 0.15) is 6.54 Å². The van der Waals surface area contributed by atoms with Crippen LogP contribution in [-0.4, -0.2) is 16.6 Å². The van der Waals surface area contributed by atoms with Gasteiger partial charge in [-0.25, -0.2) is 0 Å². The second-order valence-corrected chi connectivity index (χ2v) is 4.93. The Morgan fingerprint density at radius 2 is 2.06 bits per heavy atom. The lowest BCUT2D eigenvalue weighted by Gasteiger charge is -2.13. The summed E-state index contributed by atoms with van der Waals surface area (Å²) in [5.74, 6) is 0.161. The van der Waals surface area contributed by atoms with E-state index in [-0.39, 0.29) is 24.7 Å². The van der Waals surface area contributed by atoms with Crippen LogP contribution in [-0.2, 0) is 16.1 Å². The third kappa shape index (κ3) is 4.23. The molecule has 1 unspecified atom stereocenters. The summed E-state index contributed by atoms with van der Waals surface area (Å²) in [6, 6.07) is 1.96. The van der Waals surface area contributed by atoms with Gasteiger partial charge in [0.25, 0.3) is 0 Å². The molecule has 0 aliphatic heterocycles. The molecule has 0 saturated carbocycles. The van der Waals surface area contributed by atoms with Gasteiger partial charge in [0.15, 0.2) is 0 Å². The Balaban J connectivity index is 2.60. The van der Waals surface area contributed by atoms with E-state index in [2.05, 4.69) is 13.8 Å². The minimum Gasteiger partial charge on any atom is -0.462 e. The van der Waals surface area contributed by atoms with E-state index in [1.54, 1.807) is 0 Å². The van der Waals surface area contributed by atoms with Gasteiger partial charge in [-0.1, -0.05) is 13.8 Å². The SMILES string of the molecule is CC(C)OC(=O)Cn1ccc(C(N)C(C)C)c1. The molecule has 4 nitrogen and oxygen atoms in total. The van der Waals surface area contributed by atoms with Crippen LogP contribution < -0.4 is 5.73 Å². The summed E-state index contributed by atoms with van der Waals surface area (Å²) in [6.07, 6.45) is 3.70. The molecule has 1 aromatic heterocycles.